The van der Waals surface area contributed by atoms with Crippen molar-refractivity contribution >= 4 is 11.7 Å². The van der Waals surface area contributed by atoms with E-state index in [0.29, 0.717) is 23.3 Å². The summed E-state index contributed by atoms with van der Waals surface area (Å²) in [5, 5.41) is 9.31. The van der Waals surface area contributed by atoms with E-state index in [9.17, 15) is 10.1 Å². The number of benzene rings is 1. The van der Waals surface area contributed by atoms with Gasteiger partial charge in [-0.05, 0) is 44.9 Å². The van der Waals surface area contributed by atoms with E-state index in [1.807, 2.05) is 18.2 Å². The third-order valence-electron chi connectivity index (χ3n) is 5.20. The van der Waals surface area contributed by atoms with E-state index in [1.165, 1.54) is 19.3 Å². The second-order valence-corrected chi connectivity index (χ2v) is 6.37. The molecule has 2 N–H and O–H groups in total. The summed E-state index contributed by atoms with van der Waals surface area (Å²) in [4.78, 5) is 16.2. The normalized spacial score (nSPS) is 27.9. The number of carbonyl (C=O) groups excluding carboxylic acids is 1. The molecule has 22 heavy (non-hydrogen) atoms. The van der Waals surface area contributed by atoms with Gasteiger partial charge < -0.3 is 10.6 Å². The second-order valence-electron chi connectivity index (χ2n) is 6.37. The number of fused-ring (bicyclic) bond motifs is 2. The van der Waals surface area contributed by atoms with Crippen molar-refractivity contribution in [3.63, 3.8) is 0 Å². The summed E-state index contributed by atoms with van der Waals surface area (Å²) in [5.74, 6) is 0. The predicted octanol–water partition coefficient (Wildman–Crippen LogP) is 2.46. The summed E-state index contributed by atoms with van der Waals surface area (Å²) in [5.41, 5.74) is 6.82. The Morgan fingerprint density at radius 3 is 2.55 bits per heavy atom. The van der Waals surface area contributed by atoms with Crippen LogP contribution in [0.4, 0.5) is 10.5 Å². The molecule has 2 amide bonds. The van der Waals surface area contributed by atoms with Gasteiger partial charge in [0.1, 0.15) is 6.07 Å². The summed E-state index contributed by atoms with van der Waals surface area (Å²) in [6, 6.07) is 10.0. The zero-order valence-corrected chi connectivity index (χ0v) is 12.9. The van der Waals surface area contributed by atoms with E-state index < -0.39 is 6.03 Å². The molecule has 5 heteroatoms. The van der Waals surface area contributed by atoms with E-state index in [1.54, 1.807) is 11.0 Å². The lowest BCUT2D eigenvalue weighted by molar-refractivity contribution is 0.0564. The average Bonchev–Trinajstić information content (AvgIpc) is 2.48. The molecule has 2 heterocycles. The SMILES string of the molecule is CN1C2CCCC1CC(N(C(N)=O)c1ccccc1C#N)C2. The largest absolute Gasteiger partial charge is 0.351 e. The average molecular weight is 298 g/mol. The van der Waals surface area contributed by atoms with Crippen molar-refractivity contribution in [2.75, 3.05) is 11.9 Å². The Kier molecular flexibility index (Phi) is 4.04. The Labute approximate surface area is 131 Å². The van der Waals surface area contributed by atoms with Crippen molar-refractivity contribution in [2.24, 2.45) is 5.73 Å². The summed E-state index contributed by atoms with van der Waals surface area (Å²) < 4.78 is 0. The van der Waals surface area contributed by atoms with Gasteiger partial charge in [0, 0.05) is 18.1 Å². The maximum Gasteiger partial charge on any atom is 0.319 e. The molecule has 0 aliphatic carbocycles. The molecule has 2 aliphatic heterocycles. The first-order chi connectivity index (χ1) is 10.6. The quantitative estimate of drug-likeness (QED) is 0.911. The van der Waals surface area contributed by atoms with Crippen molar-refractivity contribution < 1.29 is 4.79 Å². The van der Waals surface area contributed by atoms with Crippen LogP contribution in [-0.4, -0.2) is 36.1 Å². The number of para-hydroxylation sites is 1. The van der Waals surface area contributed by atoms with Crippen LogP contribution in [0.15, 0.2) is 24.3 Å². The van der Waals surface area contributed by atoms with Gasteiger partial charge in [0.25, 0.3) is 0 Å². The summed E-state index contributed by atoms with van der Waals surface area (Å²) in [7, 11) is 2.18. The highest BCUT2D eigenvalue weighted by atomic mass is 16.2. The molecular formula is C17H22N4O. The maximum atomic E-state index is 12.1. The van der Waals surface area contributed by atoms with Gasteiger partial charge in [-0.1, -0.05) is 18.6 Å². The van der Waals surface area contributed by atoms with E-state index in [4.69, 9.17) is 5.73 Å². The van der Waals surface area contributed by atoms with Crippen molar-refractivity contribution in [3.05, 3.63) is 29.8 Å². The summed E-state index contributed by atoms with van der Waals surface area (Å²) in [6.45, 7) is 0. The first kappa shape index (κ1) is 14.9. The molecule has 2 fully saturated rings. The number of hydrogen-bond donors (Lipinski definition) is 1. The van der Waals surface area contributed by atoms with Gasteiger partial charge in [0.15, 0.2) is 0 Å². The van der Waals surface area contributed by atoms with Crippen molar-refractivity contribution in [2.45, 2.75) is 50.2 Å². The molecule has 2 bridgehead atoms. The number of carbonyl (C=O) groups is 1. The van der Waals surface area contributed by atoms with E-state index in [0.717, 1.165) is 12.8 Å². The number of amides is 2. The fourth-order valence-electron chi connectivity index (χ4n) is 4.07. The van der Waals surface area contributed by atoms with Gasteiger partial charge in [0.05, 0.1) is 11.3 Å². The number of primary amides is 1. The first-order valence-electron chi connectivity index (χ1n) is 7.91. The van der Waals surface area contributed by atoms with Gasteiger partial charge in [-0.25, -0.2) is 4.79 Å². The van der Waals surface area contributed by atoms with Gasteiger partial charge in [-0.2, -0.15) is 5.26 Å². The first-order valence-corrected chi connectivity index (χ1v) is 7.91. The Bertz CT molecular complexity index is 595. The highest BCUT2D eigenvalue weighted by Gasteiger charge is 2.39. The minimum Gasteiger partial charge on any atom is -0.351 e. The molecule has 2 saturated heterocycles. The molecule has 3 rings (SSSR count). The Morgan fingerprint density at radius 2 is 1.95 bits per heavy atom. The van der Waals surface area contributed by atoms with Crippen LogP contribution in [0.5, 0.6) is 0 Å². The highest BCUT2D eigenvalue weighted by molar-refractivity contribution is 5.92. The lowest BCUT2D eigenvalue weighted by atomic mass is 9.81. The highest BCUT2D eigenvalue weighted by Crippen LogP contribution is 2.36. The number of nitrogens with zero attached hydrogens (tertiary/aromatic N) is 3. The molecule has 5 nitrogen and oxygen atoms in total. The van der Waals surface area contributed by atoms with Crippen LogP contribution in [0, 0.1) is 11.3 Å². The van der Waals surface area contributed by atoms with Gasteiger partial charge in [-0.15, -0.1) is 0 Å². The molecule has 0 spiro atoms. The summed E-state index contributed by atoms with van der Waals surface area (Å²) >= 11 is 0. The fraction of sp³-hybridized carbons (Fsp3) is 0.529. The zero-order valence-electron chi connectivity index (χ0n) is 12.9. The van der Waals surface area contributed by atoms with E-state index >= 15 is 0 Å². The smallest absolute Gasteiger partial charge is 0.319 e. The third-order valence-corrected chi connectivity index (χ3v) is 5.20. The molecule has 0 saturated carbocycles. The molecule has 2 aliphatic rings. The van der Waals surface area contributed by atoms with Crippen LogP contribution in [-0.2, 0) is 0 Å². The number of piperidine rings is 2. The molecular weight excluding hydrogens is 276 g/mol. The number of nitrogens with two attached hydrogens (primary N) is 1. The van der Waals surface area contributed by atoms with Crippen LogP contribution >= 0.6 is 0 Å². The molecule has 2 atom stereocenters. The van der Waals surface area contributed by atoms with E-state index in [-0.39, 0.29) is 6.04 Å². The monoisotopic (exact) mass is 298 g/mol. The minimum atomic E-state index is -0.463. The van der Waals surface area contributed by atoms with Gasteiger partial charge >= 0.3 is 6.03 Å². The molecule has 1 aromatic rings. The Balaban J connectivity index is 1.92. The standard InChI is InChI=1S/C17H22N4O/c1-20-13-6-4-7-14(20)10-15(9-13)21(17(19)22)16-8-3-2-5-12(16)11-18/h2-3,5,8,13-15H,4,6-7,9-10H2,1H3,(H2,19,22). The molecule has 0 radical (unpaired) electrons. The lowest BCUT2D eigenvalue weighted by Gasteiger charge is -2.49. The predicted molar refractivity (Wildman–Crippen MR) is 85.4 cm³/mol. The molecule has 116 valence electrons. The zero-order chi connectivity index (χ0) is 15.7. The fourth-order valence-corrected chi connectivity index (χ4v) is 4.07. The van der Waals surface area contributed by atoms with Crippen LogP contribution < -0.4 is 10.6 Å². The number of urea groups is 1. The number of anilines is 1. The van der Waals surface area contributed by atoms with Crippen LogP contribution in [0.3, 0.4) is 0 Å². The third kappa shape index (κ3) is 2.55. The Morgan fingerprint density at radius 1 is 1.32 bits per heavy atom. The summed E-state index contributed by atoms with van der Waals surface area (Å²) in [6.07, 6.45) is 5.47. The topological polar surface area (TPSA) is 73.4 Å². The van der Waals surface area contributed by atoms with Crippen molar-refractivity contribution in [1.82, 2.24) is 4.90 Å². The Hall–Kier alpha value is -2.06. The van der Waals surface area contributed by atoms with E-state index in [2.05, 4.69) is 18.0 Å². The van der Waals surface area contributed by atoms with Gasteiger partial charge in [-0.3, -0.25) is 4.90 Å². The molecule has 2 unspecified atom stereocenters. The van der Waals surface area contributed by atoms with Crippen LogP contribution in [0.1, 0.15) is 37.7 Å². The molecule has 0 aromatic heterocycles. The van der Waals surface area contributed by atoms with Crippen LogP contribution in [0.25, 0.3) is 0 Å². The second kappa shape index (κ2) is 5.98. The van der Waals surface area contributed by atoms with Crippen molar-refractivity contribution in [1.29, 1.82) is 5.26 Å². The van der Waals surface area contributed by atoms with Gasteiger partial charge in [0.2, 0.25) is 0 Å². The number of rotatable bonds is 2. The number of nitriles is 1. The minimum absolute atomic E-state index is 0.0819. The van der Waals surface area contributed by atoms with Crippen molar-refractivity contribution in [3.8, 4) is 6.07 Å². The molecule has 1 aromatic carbocycles. The number of hydrogen-bond acceptors (Lipinski definition) is 3. The maximum absolute atomic E-state index is 12.1. The van der Waals surface area contributed by atoms with Crippen LogP contribution in [0.2, 0.25) is 0 Å². The lowest BCUT2D eigenvalue weighted by Crippen LogP contribution is -2.57.